The molecular formula is C67H124N2O7P+. The Balaban J connectivity index is 4.98. The van der Waals surface area contributed by atoms with Crippen molar-refractivity contribution in [2.75, 3.05) is 40.9 Å². The summed E-state index contributed by atoms with van der Waals surface area (Å²) in [6.07, 6.45) is 73.5. The van der Waals surface area contributed by atoms with E-state index >= 15 is 0 Å². The molecule has 3 atom stereocenters. The van der Waals surface area contributed by atoms with Crippen LogP contribution in [0, 0.1) is 0 Å². The molecule has 9 nitrogen and oxygen atoms in total. The van der Waals surface area contributed by atoms with E-state index in [0.717, 1.165) is 83.5 Å². The van der Waals surface area contributed by atoms with Gasteiger partial charge < -0.3 is 19.4 Å². The largest absolute Gasteiger partial charge is 0.472 e. The average molecular weight is 1100 g/mol. The van der Waals surface area contributed by atoms with Crippen molar-refractivity contribution in [2.24, 2.45) is 0 Å². The van der Waals surface area contributed by atoms with Gasteiger partial charge in [0.05, 0.1) is 33.8 Å². The molecule has 1 amide bonds. The molecule has 448 valence electrons. The van der Waals surface area contributed by atoms with Crippen LogP contribution in [-0.2, 0) is 27.9 Å². The molecule has 0 spiro atoms. The number of esters is 1. The lowest BCUT2D eigenvalue weighted by atomic mass is 10.0. The van der Waals surface area contributed by atoms with E-state index in [2.05, 4.69) is 86.8 Å². The molecule has 3 unspecified atom stereocenters. The third-order valence-electron chi connectivity index (χ3n) is 14.2. The smallest absolute Gasteiger partial charge is 0.456 e. The number of allylic oxidation sites excluding steroid dienone is 11. The number of nitrogens with zero attached hydrogens (tertiary/aromatic N) is 1. The van der Waals surface area contributed by atoms with E-state index in [-0.39, 0.29) is 31.5 Å². The summed E-state index contributed by atoms with van der Waals surface area (Å²) >= 11 is 0. The monoisotopic (exact) mass is 1100 g/mol. The van der Waals surface area contributed by atoms with Gasteiger partial charge >= 0.3 is 13.8 Å². The van der Waals surface area contributed by atoms with Gasteiger partial charge in [0.1, 0.15) is 19.3 Å². The predicted molar refractivity (Wildman–Crippen MR) is 332 cm³/mol. The molecule has 0 aliphatic rings. The first-order valence-electron chi connectivity index (χ1n) is 32.3. The summed E-state index contributed by atoms with van der Waals surface area (Å²) in [6.45, 7) is 6.85. The molecule has 77 heavy (non-hydrogen) atoms. The number of unbranched alkanes of at least 4 members (excludes halogenated alkanes) is 34. The van der Waals surface area contributed by atoms with Crippen LogP contribution in [-0.4, -0.2) is 74.3 Å². The number of hydrogen-bond acceptors (Lipinski definition) is 6. The van der Waals surface area contributed by atoms with E-state index in [0.29, 0.717) is 23.9 Å². The molecule has 0 aliphatic carbocycles. The Hall–Kier alpha value is -2.55. The first-order valence-corrected chi connectivity index (χ1v) is 33.8. The Morgan fingerprint density at radius 2 is 0.883 bits per heavy atom. The van der Waals surface area contributed by atoms with Gasteiger partial charge in [-0.3, -0.25) is 18.6 Å². The number of nitrogens with one attached hydrogen (secondary N) is 1. The van der Waals surface area contributed by atoms with Gasteiger partial charge in [-0.05, 0) is 83.1 Å². The zero-order valence-electron chi connectivity index (χ0n) is 51.2. The second-order valence-corrected chi connectivity index (χ2v) is 24.4. The second-order valence-electron chi connectivity index (χ2n) is 23.0. The third-order valence-corrected chi connectivity index (χ3v) is 15.2. The lowest BCUT2D eigenvalue weighted by molar-refractivity contribution is -0.870. The predicted octanol–water partition coefficient (Wildman–Crippen LogP) is 20.0. The molecule has 0 radical (unpaired) electrons. The molecule has 0 aliphatic heterocycles. The summed E-state index contributed by atoms with van der Waals surface area (Å²) < 4.78 is 30.7. The van der Waals surface area contributed by atoms with E-state index in [4.69, 9.17) is 13.8 Å². The van der Waals surface area contributed by atoms with Crippen LogP contribution in [0.25, 0.3) is 0 Å². The summed E-state index contributed by atoms with van der Waals surface area (Å²) in [7, 11) is 1.48. The number of quaternary nitrogens is 1. The van der Waals surface area contributed by atoms with Crippen LogP contribution in [0.2, 0.25) is 0 Å². The average Bonchev–Trinajstić information content (AvgIpc) is 3.39. The maximum absolute atomic E-state index is 13.6. The second kappa shape index (κ2) is 56.7. The van der Waals surface area contributed by atoms with E-state index in [1.54, 1.807) is 0 Å². The summed E-state index contributed by atoms with van der Waals surface area (Å²) in [5.41, 5.74) is 0. The molecule has 0 fully saturated rings. The van der Waals surface area contributed by atoms with Crippen LogP contribution >= 0.6 is 7.82 Å². The summed E-state index contributed by atoms with van der Waals surface area (Å²) in [5, 5.41) is 3.05. The number of amides is 1. The number of phosphoric ester groups is 1. The number of phosphoric acid groups is 1. The number of likely N-dealkylation sites (N-methyl/N-ethyl adjacent to an activating group) is 1. The van der Waals surface area contributed by atoms with E-state index in [9.17, 15) is 19.0 Å². The molecule has 0 saturated heterocycles. The summed E-state index contributed by atoms with van der Waals surface area (Å²) in [4.78, 5) is 37.7. The number of hydrogen-bond donors (Lipinski definition) is 2. The normalized spacial score (nSPS) is 14.1. The zero-order valence-corrected chi connectivity index (χ0v) is 52.1. The van der Waals surface area contributed by atoms with Crippen molar-refractivity contribution in [2.45, 2.75) is 303 Å². The van der Waals surface area contributed by atoms with Crippen LogP contribution in [0.1, 0.15) is 290 Å². The number of carbonyl (C=O) groups is 2. The van der Waals surface area contributed by atoms with Crippen molar-refractivity contribution >= 4 is 19.7 Å². The Morgan fingerprint density at radius 1 is 0.481 bits per heavy atom. The molecule has 0 heterocycles. The van der Waals surface area contributed by atoms with Gasteiger partial charge in [0.15, 0.2) is 0 Å². The number of ether oxygens (including phenoxy) is 1. The summed E-state index contributed by atoms with van der Waals surface area (Å²) in [6, 6.07) is -0.857. The molecular weight excluding hydrogens is 976 g/mol. The van der Waals surface area contributed by atoms with E-state index in [1.165, 1.54) is 167 Å². The highest BCUT2D eigenvalue weighted by Crippen LogP contribution is 2.43. The first-order chi connectivity index (χ1) is 37.4. The van der Waals surface area contributed by atoms with Crippen LogP contribution in [0.4, 0.5) is 0 Å². The van der Waals surface area contributed by atoms with Gasteiger partial charge in [-0.2, -0.15) is 0 Å². The number of carbonyl (C=O) groups excluding carboxylic acids is 2. The molecule has 0 rings (SSSR count). The van der Waals surface area contributed by atoms with Gasteiger partial charge in [-0.25, -0.2) is 4.57 Å². The maximum Gasteiger partial charge on any atom is 0.472 e. The highest BCUT2D eigenvalue weighted by molar-refractivity contribution is 7.47. The van der Waals surface area contributed by atoms with Gasteiger partial charge in [0, 0.05) is 12.8 Å². The van der Waals surface area contributed by atoms with Gasteiger partial charge in [-0.15, -0.1) is 0 Å². The maximum atomic E-state index is 13.6. The Bertz CT molecular complexity index is 1550. The minimum absolute atomic E-state index is 0.0354. The van der Waals surface area contributed by atoms with Crippen LogP contribution in [0.3, 0.4) is 0 Å². The van der Waals surface area contributed by atoms with Crippen molar-refractivity contribution in [3.63, 3.8) is 0 Å². The fourth-order valence-corrected chi connectivity index (χ4v) is 9.94. The molecule has 0 saturated carbocycles. The van der Waals surface area contributed by atoms with Crippen molar-refractivity contribution in [3.05, 3.63) is 72.9 Å². The highest BCUT2D eigenvalue weighted by Gasteiger charge is 2.30. The summed E-state index contributed by atoms with van der Waals surface area (Å²) in [5.74, 6) is -0.525. The lowest BCUT2D eigenvalue weighted by Gasteiger charge is -2.27. The SMILES string of the molecule is CC/C=C/C=C/C=C\CCCCCCCC(=O)OC(/C=C\CCCCCCCCCCC)C(COP(=O)(O)OCC[N+](C)(C)C)NC(=O)CCCCCCCCCCCCCCCCCCC/C=C\C/C=C\CCCCC. The standard InChI is InChI=1S/C67H123N2O7P/c1-7-10-13-16-19-22-25-27-28-29-30-31-32-33-34-35-36-37-38-39-40-42-44-47-50-53-56-59-66(70)68-64(63-75-77(72,73)74-62-61-69(4,5)6)65(58-55-52-49-46-43-24-21-18-15-12-9-3)76-67(71)60-57-54-51-48-45-41-26-23-20-17-14-11-8-2/h11,14,17,19-20,22-23,26-28,55,58,64-65H,7-10,12-13,15-16,18,21,24-25,29-54,56-57,59-63H2,1-6H3,(H-,68,70,72,73)/p+1/b14-11+,20-17+,22-19-,26-23-,28-27-,58-55-. The Morgan fingerprint density at radius 3 is 1.36 bits per heavy atom. The Labute approximate surface area is 476 Å². The Kier molecular flexibility index (Phi) is 54.8. The molecule has 0 bridgehead atoms. The molecule has 0 aromatic rings. The quantitative estimate of drug-likeness (QED) is 0.0156. The van der Waals surface area contributed by atoms with Crippen LogP contribution < -0.4 is 5.32 Å². The first kappa shape index (κ1) is 74.5. The van der Waals surface area contributed by atoms with Crippen molar-refractivity contribution < 1.29 is 37.3 Å². The fourth-order valence-electron chi connectivity index (χ4n) is 9.21. The highest BCUT2D eigenvalue weighted by atomic mass is 31.2. The fraction of sp³-hybridized carbons (Fsp3) is 0.791. The minimum atomic E-state index is -4.45. The molecule has 0 aromatic heterocycles. The van der Waals surface area contributed by atoms with Gasteiger partial charge in [-0.1, -0.05) is 267 Å². The van der Waals surface area contributed by atoms with Crippen molar-refractivity contribution in [3.8, 4) is 0 Å². The van der Waals surface area contributed by atoms with Crippen LogP contribution in [0.5, 0.6) is 0 Å². The van der Waals surface area contributed by atoms with E-state index in [1.807, 2.05) is 33.3 Å². The number of rotatable bonds is 58. The topological polar surface area (TPSA) is 111 Å². The van der Waals surface area contributed by atoms with Crippen molar-refractivity contribution in [1.82, 2.24) is 5.32 Å². The molecule has 0 aromatic carbocycles. The minimum Gasteiger partial charge on any atom is -0.456 e. The zero-order chi connectivity index (χ0) is 56.4. The van der Waals surface area contributed by atoms with Gasteiger partial charge in [0.25, 0.3) is 0 Å². The molecule has 2 N–H and O–H groups in total. The lowest BCUT2D eigenvalue weighted by Crippen LogP contribution is -2.47. The molecule has 10 heteroatoms. The van der Waals surface area contributed by atoms with Crippen LogP contribution in [0.15, 0.2) is 72.9 Å². The van der Waals surface area contributed by atoms with E-state index < -0.39 is 20.0 Å². The van der Waals surface area contributed by atoms with Gasteiger partial charge in [0.2, 0.25) is 5.91 Å². The van der Waals surface area contributed by atoms with Crippen molar-refractivity contribution in [1.29, 1.82) is 0 Å². The third kappa shape index (κ3) is 57.9.